The summed E-state index contributed by atoms with van der Waals surface area (Å²) in [5, 5.41) is 0. The van der Waals surface area contributed by atoms with Crippen LogP contribution < -0.4 is 0 Å². The smallest absolute Gasteiger partial charge is 0.0924 e. The molecule has 0 aliphatic rings. The van der Waals surface area contributed by atoms with Gasteiger partial charge in [0.05, 0.1) is 18.2 Å². The van der Waals surface area contributed by atoms with Gasteiger partial charge in [-0.3, -0.25) is 0 Å². The number of H-pyrrole nitrogens is 1. The number of aryl methyl sites for hydroxylation is 1. The maximum Gasteiger partial charge on any atom is 0.0924 e. The topological polar surface area (TPSA) is 28.7 Å². The zero-order valence-electron chi connectivity index (χ0n) is 10.2. The number of aromatic nitrogens is 2. The molecule has 0 bridgehead atoms. The number of nitrogens with one attached hydrogen (secondary N) is 1. The number of nitrogens with zero attached hydrogens (tertiary/aromatic N) is 1. The zero-order valence-corrected chi connectivity index (χ0v) is 10.2. The molecule has 0 spiro atoms. The first-order valence-electron chi connectivity index (χ1n) is 6.14. The summed E-state index contributed by atoms with van der Waals surface area (Å²) < 4.78 is 0. The van der Waals surface area contributed by atoms with Crippen LogP contribution in [0.4, 0.5) is 0 Å². The Morgan fingerprint density at radius 1 is 1.18 bits per heavy atom. The number of unbranched alkanes of at least 4 members (excludes halogenated alkanes) is 1. The van der Waals surface area contributed by atoms with Crippen LogP contribution in [-0.4, -0.2) is 9.97 Å². The van der Waals surface area contributed by atoms with Crippen LogP contribution in [0.25, 0.3) is 12.2 Å². The molecule has 1 heterocycles. The number of imidazole rings is 1. The van der Waals surface area contributed by atoms with E-state index in [9.17, 15) is 0 Å². The molecule has 0 radical (unpaired) electrons. The molecule has 2 heteroatoms. The zero-order chi connectivity index (χ0) is 11.9. The SMILES string of the molecule is CCCCc1ccc(C=Cc2cnc[nH]2)cc1. The van der Waals surface area contributed by atoms with Crippen molar-refractivity contribution in [2.75, 3.05) is 0 Å². The second-order valence-corrected chi connectivity index (χ2v) is 4.19. The molecule has 1 N–H and O–H groups in total. The Morgan fingerprint density at radius 3 is 2.65 bits per heavy atom. The first kappa shape index (κ1) is 11.6. The van der Waals surface area contributed by atoms with Gasteiger partial charge in [0.25, 0.3) is 0 Å². The minimum atomic E-state index is 1.03. The average Bonchev–Trinajstić information content (AvgIpc) is 2.88. The van der Waals surface area contributed by atoms with Gasteiger partial charge >= 0.3 is 0 Å². The first-order chi connectivity index (χ1) is 8.38. The summed E-state index contributed by atoms with van der Waals surface area (Å²) in [4.78, 5) is 7.02. The van der Waals surface area contributed by atoms with E-state index in [1.165, 1.54) is 30.4 Å². The van der Waals surface area contributed by atoms with Crippen LogP contribution in [-0.2, 0) is 6.42 Å². The molecule has 0 unspecified atom stereocenters. The van der Waals surface area contributed by atoms with Crippen LogP contribution in [0.15, 0.2) is 36.8 Å². The molecule has 0 atom stereocenters. The minimum Gasteiger partial charge on any atom is -0.345 e. The monoisotopic (exact) mass is 226 g/mol. The van der Waals surface area contributed by atoms with Crippen LogP contribution in [0.2, 0.25) is 0 Å². The highest BCUT2D eigenvalue weighted by atomic mass is 14.8. The van der Waals surface area contributed by atoms with Crippen molar-refractivity contribution >= 4 is 12.2 Å². The molecule has 1 aromatic heterocycles. The number of aromatic amines is 1. The predicted octanol–water partition coefficient (Wildman–Crippen LogP) is 3.92. The minimum absolute atomic E-state index is 1.03. The Morgan fingerprint density at radius 2 is 2.00 bits per heavy atom. The molecule has 0 saturated heterocycles. The summed E-state index contributed by atoms with van der Waals surface area (Å²) >= 11 is 0. The number of benzene rings is 1. The summed E-state index contributed by atoms with van der Waals surface area (Å²) in [6.07, 6.45) is 11.3. The summed E-state index contributed by atoms with van der Waals surface area (Å²) in [5.74, 6) is 0. The fraction of sp³-hybridized carbons (Fsp3) is 0.267. The van der Waals surface area contributed by atoms with Gasteiger partial charge < -0.3 is 4.98 Å². The Bertz CT molecular complexity index is 452. The van der Waals surface area contributed by atoms with Crippen molar-refractivity contribution in [1.29, 1.82) is 0 Å². The van der Waals surface area contributed by atoms with Gasteiger partial charge in [-0.1, -0.05) is 43.7 Å². The molecule has 1 aromatic carbocycles. The van der Waals surface area contributed by atoms with Crippen molar-refractivity contribution in [3.05, 3.63) is 53.6 Å². The molecule has 2 rings (SSSR count). The van der Waals surface area contributed by atoms with Crippen molar-refractivity contribution in [3.8, 4) is 0 Å². The molecular formula is C15H18N2. The molecule has 0 fully saturated rings. The lowest BCUT2D eigenvalue weighted by atomic mass is 10.1. The van der Waals surface area contributed by atoms with Crippen molar-refractivity contribution < 1.29 is 0 Å². The largest absolute Gasteiger partial charge is 0.345 e. The standard InChI is InChI=1S/C15H18N2/c1-2-3-4-13-5-7-14(8-6-13)9-10-15-11-16-12-17-15/h5-12H,2-4H2,1H3,(H,16,17). The van der Waals surface area contributed by atoms with Gasteiger partial charge in [0.15, 0.2) is 0 Å². The van der Waals surface area contributed by atoms with Crippen molar-refractivity contribution in [1.82, 2.24) is 9.97 Å². The lowest BCUT2D eigenvalue weighted by molar-refractivity contribution is 0.795. The van der Waals surface area contributed by atoms with Gasteiger partial charge in [0, 0.05) is 0 Å². The van der Waals surface area contributed by atoms with E-state index in [0.29, 0.717) is 0 Å². The van der Waals surface area contributed by atoms with Crippen LogP contribution in [0.3, 0.4) is 0 Å². The number of hydrogen-bond donors (Lipinski definition) is 1. The Kier molecular flexibility index (Phi) is 4.14. The molecule has 17 heavy (non-hydrogen) atoms. The second-order valence-electron chi connectivity index (χ2n) is 4.19. The Balaban J connectivity index is 1.98. The van der Waals surface area contributed by atoms with E-state index in [2.05, 4.69) is 47.2 Å². The fourth-order valence-electron chi connectivity index (χ4n) is 1.72. The second kappa shape index (κ2) is 6.04. The third kappa shape index (κ3) is 3.59. The first-order valence-corrected chi connectivity index (χ1v) is 6.14. The number of rotatable bonds is 5. The van der Waals surface area contributed by atoms with Crippen LogP contribution >= 0.6 is 0 Å². The van der Waals surface area contributed by atoms with Crippen molar-refractivity contribution in [2.45, 2.75) is 26.2 Å². The van der Waals surface area contributed by atoms with E-state index < -0.39 is 0 Å². The highest BCUT2D eigenvalue weighted by Gasteiger charge is 1.92. The van der Waals surface area contributed by atoms with Gasteiger partial charge in [-0.2, -0.15) is 0 Å². The molecule has 88 valence electrons. The van der Waals surface area contributed by atoms with Gasteiger partial charge in [0.2, 0.25) is 0 Å². The quantitative estimate of drug-likeness (QED) is 0.822. The molecule has 2 nitrogen and oxygen atoms in total. The van der Waals surface area contributed by atoms with E-state index in [-0.39, 0.29) is 0 Å². The van der Waals surface area contributed by atoms with E-state index >= 15 is 0 Å². The highest BCUT2D eigenvalue weighted by Crippen LogP contribution is 2.10. The maximum atomic E-state index is 3.98. The summed E-state index contributed by atoms with van der Waals surface area (Å²) in [6.45, 7) is 2.22. The maximum absolute atomic E-state index is 3.98. The van der Waals surface area contributed by atoms with Gasteiger partial charge in [0.1, 0.15) is 0 Å². The lowest BCUT2D eigenvalue weighted by Gasteiger charge is -2.00. The highest BCUT2D eigenvalue weighted by molar-refractivity contribution is 5.67. The van der Waals surface area contributed by atoms with E-state index in [1.807, 2.05) is 12.3 Å². The van der Waals surface area contributed by atoms with E-state index in [1.54, 1.807) is 6.33 Å². The fourth-order valence-corrected chi connectivity index (χ4v) is 1.72. The van der Waals surface area contributed by atoms with E-state index in [0.717, 1.165) is 5.69 Å². The van der Waals surface area contributed by atoms with Gasteiger partial charge in [-0.25, -0.2) is 4.98 Å². The number of hydrogen-bond acceptors (Lipinski definition) is 1. The molecule has 2 aromatic rings. The third-order valence-corrected chi connectivity index (χ3v) is 2.77. The van der Waals surface area contributed by atoms with E-state index in [4.69, 9.17) is 0 Å². The van der Waals surface area contributed by atoms with Crippen LogP contribution in [0.1, 0.15) is 36.6 Å². The van der Waals surface area contributed by atoms with Crippen LogP contribution in [0.5, 0.6) is 0 Å². The third-order valence-electron chi connectivity index (χ3n) is 2.77. The molecule has 0 aliphatic carbocycles. The molecule has 0 amide bonds. The van der Waals surface area contributed by atoms with Gasteiger partial charge in [-0.15, -0.1) is 0 Å². The average molecular weight is 226 g/mol. The molecule has 0 saturated carbocycles. The molecular weight excluding hydrogens is 208 g/mol. The normalized spacial score (nSPS) is 11.1. The molecule has 0 aliphatic heterocycles. The Labute approximate surface area is 102 Å². The summed E-state index contributed by atoms with van der Waals surface area (Å²) in [5.41, 5.74) is 3.67. The summed E-state index contributed by atoms with van der Waals surface area (Å²) in [7, 11) is 0. The lowest BCUT2D eigenvalue weighted by Crippen LogP contribution is -1.84. The Hall–Kier alpha value is -1.83. The summed E-state index contributed by atoms with van der Waals surface area (Å²) in [6, 6.07) is 8.75. The predicted molar refractivity (Wildman–Crippen MR) is 72.6 cm³/mol. The van der Waals surface area contributed by atoms with Crippen molar-refractivity contribution in [3.63, 3.8) is 0 Å². The van der Waals surface area contributed by atoms with Crippen LogP contribution in [0, 0.1) is 0 Å². The van der Waals surface area contributed by atoms with Gasteiger partial charge in [-0.05, 0) is 30.0 Å². The van der Waals surface area contributed by atoms with Crippen molar-refractivity contribution in [2.24, 2.45) is 0 Å².